The summed E-state index contributed by atoms with van der Waals surface area (Å²) < 4.78 is 24.3. The van der Waals surface area contributed by atoms with Gasteiger partial charge in [0.05, 0.1) is 30.2 Å². The van der Waals surface area contributed by atoms with Crippen molar-refractivity contribution in [3.63, 3.8) is 0 Å². The van der Waals surface area contributed by atoms with Crippen molar-refractivity contribution in [3.8, 4) is 34.4 Å². The zero-order valence-electron chi connectivity index (χ0n) is 33.6. The molecule has 2 heterocycles. The number of likely N-dealkylation sites (tertiary alicyclic amines) is 1. The molecule has 58 heavy (non-hydrogen) atoms. The minimum Gasteiger partial charge on any atom is -0.493 e. The average Bonchev–Trinajstić information content (AvgIpc) is 3.24. The number of piperidine rings is 1. The summed E-state index contributed by atoms with van der Waals surface area (Å²) in [6.07, 6.45) is 9.94. The number of aromatic nitrogens is 1. The van der Waals surface area contributed by atoms with Crippen LogP contribution < -0.4 is 19.5 Å². The van der Waals surface area contributed by atoms with Gasteiger partial charge in [-0.2, -0.15) is 5.26 Å². The molecule has 0 unspecified atom stereocenters. The van der Waals surface area contributed by atoms with Crippen molar-refractivity contribution in [2.45, 2.75) is 97.1 Å². The molecule has 4 aromatic rings. The topological polar surface area (TPSA) is 143 Å². The van der Waals surface area contributed by atoms with Crippen LogP contribution in [0.25, 0.3) is 11.1 Å². The fourth-order valence-corrected chi connectivity index (χ4v) is 8.29. The summed E-state index contributed by atoms with van der Waals surface area (Å²) in [6, 6.07) is 19.5. The number of rotatable bonds is 17. The number of carboxylic acids is 1. The predicted molar refractivity (Wildman–Crippen MR) is 222 cm³/mol. The SMILES string of the molecule is COC(=O)C1CCC(NCCCOc2cc(-c3ccccc3)c(C)c(COc3cc(OCc4cncc(C#N)c4)c(CN4CCCC[C@H]4C(=O)O)cc3Cl)c2C)CC1. The van der Waals surface area contributed by atoms with E-state index in [-0.39, 0.29) is 25.1 Å². The molecular weight excluding hydrogens is 756 g/mol. The Kier molecular flexibility index (Phi) is 15.0. The van der Waals surface area contributed by atoms with Crippen molar-refractivity contribution in [3.05, 3.63) is 105 Å². The number of hydrogen-bond donors (Lipinski definition) is 2. The molecular formula is C46H53ClN4O7. The molecule has 306 valence electrons. The summed E-state index contributed by atoms with van der Waals surface area (Å²) in [5.41, 5.74) is 7.04. The summed E-state index contributed by atoms with van der Waals surface area (Å²) in [5, 5.41) is 23.4. The molecule has 2 aliphatic rings. The highest BCUT2D eigenvalue weighted by atomic mass is 35.5. The molecule has 2 N–H and O–H groups in total. The number of halogens is 1. The van der Waals surface area contributed by atoms with Gasteiger partial charge in [-0.25, -0.2) is 0 Å². The van der Waals surface area contributed by atoms with Crippen LogP contribution in [0.15, 0.2) is 67.0 Å². The van der Waals surface area contributed by atoms with Gasteiger partial charge in [0.25, 0.3) is 0 Å². The van der Waals surface area contributed by atoms with Gasteiger partial charge in [0.1, 0.15) is 42.6 Å². The van der Waals surface area contributed by atoms with Crippen molar-refractivity contribution in [2.75, 3.05) is 26.8 Å². The number of esters is 1. The molecule has 1 aliphatic heterocycles. The minimum atomic E-state index is -0.841. The van der Waals surface area contributed by atoms with E-state index in [1.165, 1.54) is 13.3 Å². The van der Waals surface area contributed by atoms with Crippen LogP contribution in [-0.4, -0.2) is 65.8 Å². The highest BCUT2D eigenvalue weighted by molar-refractivity contribution is 6.32. The Bertz CT molecular complexity index is 2080. The fourth-order valence-electron chi connectivity index (χ4n) is 8.05. The van der Waals surface area contributed by atoms with Gasteiger partial charge in [0, 0.05) is 42.2 Å². The Morgan fingerprint density at radius 1 is 0.931 bits per heavy atom. The van der Waals surface area contributed by atoms with Gasteiger partial charge in [-0.1, -0.05) is 48.4 Å². The van der Waals surface area contributed by atoms with E-state index in [1.54, 1.807) is 24.4 Å². The molecule has 2 fully saturated rings. The maximum absolute atomic E-state index is 12.2. The maximum atomic E-state index is 12.2. The number of benzene rings is 3. The van der Waals surface area contributed by atoms with Gasteiger partial charge < -0.3 is 29.4 Å². The van der Waals surface area contributed by atoms with E-state index in [4.69, 9.17) is 30.5 Å². The first-order valence-electron chi connectivity index (χ1n) is 20.2. The Morgan fingerprint density at radius 2 is 1.71 bits per heavy atom. The molecule has 0 spiro atoms. The number of carboxylic acid groups (broad SMARTS) is 1. The second-order valence-corrected chi connectivity index (χ2v) is 15.6. The summed E-state index contributed by atoms with van der Waals surface area (Å²) in [4.78, 5) is 30.2. The third-order valence-electron chi connectivity index (χ3n) is 11.4. The molecule has 1 saturated heterocycles. The zero-order valence-corrected chi connectivity index (χ0v) is 34.4. The van der Waals surface area contributed by atoms with Crippen molar-refractivity contribution in [2.24, 2.45) is 5.92 Å². The Balaban J connectivity index is 1.20. The second kappa shape index (κ2) is 20.5. The standard InChI is InChI=1S/C46H53ClN4O7/c1-30-38(34-10-5-4-6-11-34)22-42(56-19-9-17-50-37-15-13-35(14-16-37)46(54)55-3)31(2)39(30)29-58-44-23-43(57-28-33-20-32(24-48)25-49-26-33)36(21-40(44)47)27-51-18-8-7-12-41(51)45(52)53/h4-6,10-11,20-23,25-26,35,37,41,50H,7-9,12-19,27-29H2,1-3H3,(H,52,53)/t35?,37?,41-/m0/s1. The smallest absolute Gasteiger partial charge is 0.320 e. The first kappa shape index (κ1) is 42.5. The number of aliphatic carboxylic acids is 1. The van der Waals surface area contributed by atoms with Crippen molar-refractivity contribution < 1.29 is 33.6 Å². The number of methoxy groups -OCH3 is 1. The number of nitriles is 1. The van der Waals surface area contributed by atoms with Crippen LogP contribution in [0.1, 0.15) is 84.7 Å². The van der Waals surface area contributed by atoms with Crippen LogP contribution in [0.2, 0.25) is 5.02 Å². The lowest BCUT2D eigenvalue weighted by Gasteiger charge is -2.33. The van der Waals surface area contributed by atoms with E-state index in [2.05, 4.69) is 41.5 Å². The first-order chi connectivity index (χ1) is 28.1. The Hall–Kier alpha value is -5.15. The number of ether oxygens (including phenoxy) is 4. The number of carbonyl (C=O) groups excluding carboxylic acids is 1. The molecule has 1 saturated carbocycles. The Labute approximate surface area is 346 Å². The minimum absolute atomic E-state index is 0.00804. The Morgan fingerprint density at radius 3 is 2.45 bits per heavy atom. The quantitative estimate of drug-likeness (QED) is 0.0782. The highest BCUT2D eigenvalue weighted by Gasteiger charge is 2.30. The predicted octanol–water partition coefficient (Wildman–Crippen LogP) is 8.58. The second-order valence-electron chi connectivity index (χ2n) is 15.2. The maximum Gasteiger partial charge on any atom is 0.320 e. The highest BCUT2D eigenvalue weighted by Crippen LogP contribution is 2.39. The number of carbonyl (C=O) groups is 2. The van der Waals surface area contributed by atoms with E-state index >= 15 is 0 Å². The van der Waals surface area contributed by atoms with E-state index in [9.17, 15) is 20.0 Å². The van der Waals surface area contributed by atoms with Gasteiger partial charge in [0.2, 0.25) is 0 Å². The van der Waals surface area contributed by atoms with Gasteiger partial charge in [-0.15, -0.1) is 0 Å². The van der Waals surface area contributed by atoms with Crippen LogP contribution in [-0.2, 0) is 34.1 Å². The summed E-state index contributed by atoms with van der Waals surface area (Å²) in [5.74, 6) is 0.789. The van der Waals surface area contributed by atoms with Gasteiger partial charge in [0.15, 0.2) is 0 Å². The van der Waals surface area contributed by atoms with E-state index < -0.39 is 12.0 Å². The zero-order chi connectivity index (χ0) is 41.0. The molecule has 0 amide bonds. The normalized spacial score (nSPS) is 18.2. The van der Waals surface area contributed by atoms with E-state index in [1.807, 2.05) is 30.0 Å². The van der Waals surface area contributed by atoms with Crippen molar-refractivity contribution >= 4 is 23.5 Å². The molecule has 1 atom stereocenters. The van der Waals surface area contributed by atoms with Crippen molar-refractivity contribution in [1.82, 2.24) is 15.2 Å². The fraction of sp³-hybridized carbons (Fsp3) is 0.435. The van der Waals surface area contributed by atoms with E-state index in [0.29, 0.717) is 54.2 Å². The van der Waals surface area contributed by atoms with Crippen LogP contribution in [0.5, 0.6) is 17.2 Å². The number of nitrogens with zero attached hydrogens (tertiary/aromatic N) is 3. The van der Waals surface area contributed by atoms with Crippen molar-refractivity contribution in [1.29, 1.82) is 5.26 Å². The van der Waals surface area contributed by atoms with Gasteiger partial charge >= 0.3 is 11.9 Å². The molecule has 6 rings (SSSR count). The number of pyridine rings is 1. The molecule has 0 radical (unpaired) electrons. The summed E-state index contributed by atoms with van der Waals surface area (Å²) in [7, 11) is 1.46. The van der Waals surface area contributed by atoms with Crippen LogP contribution in [0, 0.1) is 31.1 Å². The van der Waals surface area contributed by atoms with Gasteiger partial charge in [-0.05, 0) is 118 Å². The molecule has 11 nitrogen and oxygen atoms in total. The van der Waals surface area contributed by atoms with Crippen LogP contribution in [0.3, 0.4) is 0 Å². The number of hydrogen-bond acceptors (Lipinski definition) is 10. The molecule has 12 heteroatoms. The van der Waals surface area contributed by atoms with Gasteiger partial charge in [-0.3, -0.25) is 19.5 Å². The van der Waals surface area contributed by atoms with E-state index in [0.717, 1.165) is 96.2 Å². The monoisotopic (exact) mass is 808 g/mol. The van der Waals surface area contributed by atoms with Crippen LogP contribution >= 0.6 is 11.6 Å². The summed E-state index contributed by atoms with van der Waals surface area (Å²) >= 11 is 6.95. The number of nitrogens with one attached hydrogen (secondary N) is 1. The van der Waals surface area contributed by atoms with Crippen LogP contribution in [0.4, 0.5) is 0 Å². The third-order valence-corrected chi connectivity index (χ3v) is 11.7. The molecule has 1 aromatic heterocycles. The lowest BCUT2D eigenvalue weighted by atomic mass is 9.86. The average molecular weight is 809 g/mol. The molecule has 1 aliphatic carbocycles. The largest absolute Gasteiger partial charge is 0.493 e. The lowest BCUT2D eigenvalue weighted by molar-refractivity contribution is -0.147. The lowest BCUT2D eigenvalue weighted by Crippen LogP contribution is -2.44. The third kappa shape index (κ3) is 10.9. The molecule has 3 aromatic carbocycles. The first-order valence-corrected chi connectivity index (χ1v) is 20.5. The molecule has 0 bridgehead atoms. The summed E-state index contributed by atoms with van der Waals surface area (Å²) in [6.45, 7) is 6.83.